The summed E-state index contributed by atoms with van der Waals surface area (Å²) in [5, 5.41) is 11.1. The van der Waals surface area contributed by atoms with Gasteiger partial charge in [0.15, 0.2) is 5.75 Å². The highest BCUT2D eigenvalue weighted by molar-refractivity contribution is 9.10. The van der Waals surface area contributed by atoms with Gasteiger partial charge in [-0.1, -0.05) is 22.0 Å². The molecule has 0 aliphatic rings. The molecule has 2 aromatic rings. The Kier molecular flexibility index (Phi) is 4.71. The first kappa shape index (κ1) is 15.2. The molecule has 1 aromatic heterocycles. The number of nitrogens with zero attached hydrogens (tertiary/aromatic N) is 2. The molecule has 7 nitrogen and oxygen atoms in total. The van der Waals surface area contributed by atoms with E-state index in [2.05, 4.69) is 26.3 Å². The maximum absolute atomic E-state index is 11.1. The highest BCUT2D eigenvalue weighted by Gasteiger charge is 2.19. The molecule has 3 N–H and O–H groups in total. The van der Waals surface area contributed by atoms with Crippen LogP contribution in [-0.4, -0.2) is 9.91 Å². The van der Waals surface area contributed by atoms with E-state index in [-0.39, 0.29) is 18.0 Å². The number of pyridine rings is 1. The molecule has 1 aromatic carbocycles. The molecule has 110 valence electrons. The zero-order valence-electron chi connectivity index (χ0n) is 11.2. The molecule has 0 radical (unpaired) electrons. The zero-order chi connectivity index (χ0) is 15.4. The zero-order valence-corrected chi connectivity index (χ0v) is 12.8. The summed E-state index contributed by atoms with van der Waals surface area (Å²) in [5.74, 6) is 6.06. The monoisotopic (exact) mass is 352 g/mol. The molecule has 21 heavy (non-hydrogen) atoms. The molecule has 0 unspecified atom stereocenters. The van der Waals surface area contributed by atoms with E-state index in [4.69, 9.17) is 10.6 Å². The predicted octanol–water partition coefficient (Wildman–Crippen LogP) is 2.93. The molecule has 0 saturated heterocycles. The first-order valence-corrected chi connectivity index (χ1v) is 6.80. The van der Waals surface area contributed by atoms with Gasteiger partial charge in [-0.3, -0.25) is 10.1 Å². The Bertz CT molecular complexity index is 678. The van der Waals surface area contributed by atoms with Crippen molar-refractivity contribution in [2.24, 2.45) is 5.84 Å². The van der Waals surface area contributed by atoms with Gasteiger partial charge < -0.3 is 10.2 Å². The van der Waals surface area contributed by atoms with Crippen LogP contribution in [0.3, 0.4) is 0 Å². The van der Waals surface area contributed by atoms with Crippen molar-refractivity contribution < 1.29 is 9.66 Å². The molecule has 0 saturated carbocycles. The molecule has 2 rings (SSSR count). The number of hydrogen-bond donors (Lipinski definition) is 2. The fourth-order valence-electron chi connectivity index (χ4n) is 1.87. The van der Waals surface area contributed by atoms with Crippen LogP contribution in [0, 0.1) is 17.0 Å². The second-order valence-electron chi connectivity index (χ2n) is 4.27. The highest BCUT2D eigenvalue weighted by Crippen LogP contribution is 2.34. The van der Waals surface area contributed by atoms with Crippen molar-refractivity contribution in [3.05, 3.63) is 56.2 Å². The Morgan fingerprint density at radius 3 is 2.95 bits per heavy atom. The second-order valence-corrected chi connectivity index (χ2v) is 5.19. The normalized spacial score (nSPS) is 10.2. The molecule has 0 aliphatic carbocycles. The van der Waals surface area contributed by atoms with Crippen LogP contribution in [-0.2, 0) is 6.61 Å². The maximum atomic E-state index is 11.1. The Morgan fingerprint density at radius 1 is 1.52 bits per heavy atom. The lowest BCUT2D eigenvalue weighted by atomic mass is 10.2. The van der Waals surface area contributed by atoms with Gasteiger partial charge >= 0.3 is 5.69 Å². The van der Waals surface area contributed by atoms with Gasteiger partial charge in [-0.2, -0.15) is 0 Å². The minimum absolute atomic E-state index is 0.0898. The minimum Gasteiger partial charge on any atom is -0.482 e. The van der Waals surface area contributed by atoms with E-state index < -0.39 is 4.92 Å². The van der Waals surface area contributed by atoms with Crippen LogP contribution in [0.25, 0.3) is 0 Å². The van der Waals surface area contributed by atoms with Crippen LogP contribution in [0.4, 0.5) is 11.5 Å². The molecule has 0 fully saturated rings. The number of hydrogen-bond acceptors (Lipinski definition) is 6. The van der Waals surface area contributed by atoms with E-state index in [1.54, 1.807) is 31.3 Å². The van der Waals surface area contributed by atoms with Gasteiger partial charge in [0.05, 0.1) is 4.92 Å². The van der Waals surface area contributed by atoms with Gasteiger partial charge in [0.2, 0.25) is 0 Å². The molecular formula is C13H13BrN4O3. The summed E-state index contributed by atoms with van der Waals surface area (Å²) in [6.45, 7) is 1.87. The SMILES string of the molecule is Cc1cc(Br)cc([N+](=O)[O-])c1OCc1cccnc1NN. The third kappa shape index (κ3) is 3.47. The van der Waals surface area contributed by atoms with Crippen molar-refractivity contribution >= 4 is 27.4 Å². The summed E-state index contributed by atoms with van der Waals surface area (Å²) in [4.78, 5) is 14.7. The molecular weight excluding hydrogens is 340 g/mol. The third-order valence-corrected chi connectivity index (χ3v) is 3.27. The van der Waals surface area contributed by atoms with Crippen LogP contribution in [0.5, 0.6) is 5.75 Å². The van der Waals surface area contributed by atoms with Crippen LogP contribution >= 0.6 is 15.9 Å². The number of rotatable bonds is 5. The number of aryl methyl sites for hydroxylation is 1. The average Bonchev–Trinajstić information content (AvgIpc) is 2.45. The van der Waals surface area contributed by atoms with E-state index in [0.29, 0.717) is 21.4 Å². The van der Waals surface area contributed by atoms with Gasteiger partial charge in [-0.15, -0.1) is 0 Å². The van der Waals surface area contributed by atoms with Gasteiger partial charge in [0.25, 0.3) is 0 Å². The van der Waals surface area contributed by atoms with Crippen molar-refractivity contribution in [1.29, 1.82) is 0 Å². The van der Waals surface area contributed by atoms with E-state index >= 15 is 0 Å². The molecule has 8 heteroatoms. The van der Waals surface area contributed by atoms with Crippen molar-refractivity contribution in [1.82, 2.24) is 4.98 Å². The summed E-state index contributed by atoms with van der Waals surface area (Å²) < 4.78 is 6.24. The maximum Gasteiger partial charge on any atom is 0.312 e. The van der Waals surface area contributed by atoms with Crippen LogP contribution in [0.2, 0.25) is 0 Å². The standard InChI is InChI=1S/C13H13BrN4O3/c1-8-5-10(14)6-11(18(19)20)12(8)21-7-9-3-2-4-16-13(9)17-15/h2-6H,7,15H2,1H3,(H,16,17). The van der Waals surface area contributed by atoms with Gasteiger partial charge in [-0.25, -0.2) is 10.8 Å². The first-order valence-electron chi connectivity index (χ1n) is 6.00. The fraction of sp³-hybridized carbons (Fsp3) is 0.154. The Hall–Kier alpha value is -2.19. The van der Waals surface area contributed by atoms with Gasteiger partial charge in [-0.05, 0) is 24.6 Å². The third-order valence-electron chi connectivity index (χ3n) is 2.82. The summed E-state index contributed by atoms with van der Waals surface area (Å²) in [6, 6.07) is 6.69. The van der Waals surface area contributed by atoms with Crippen molar-refractivity contribution in [3.8, 4) is 5.75 Å². The Labute approximate surface area is 129 Å². The number of halogens is 1. The number of benzene rings is 1. The average molecular weight is 353 g/mol. The second kappa shape index (κ2) is 6.51. The topological polar surface area (TPSA) is 103 Å². The number of ether oxygens (including phenoxy) is 1. The number of nitrogens with two attached hydrogens (primary N) is 1. The van der Waals surface area contributed by atoms with Crippen LogP contribution in [0.15, 0.2) is 34.9 Å². The molecule has 0 aliphatic heterocycles. The van der Waals surface area contributed by atoms with E-state index in [9.17, 15) is 10.1 Å². The van der Waals surface area contributed by atoms with Crippen LogP contribution < -0.4 is 16.0 Å². The summed E-state index contributed by atoms with van der Waals surface area (Å²) >= 11 is 3.24. The predicted molar refractivity (Wildman–Crippen MR) is 81.9 cm³/mol. The number of nitro groups is 1. The van der Waals surface area contributed by atoms with Crippen molar-refractivity contribution in [3.63, 3.8) is 0 Å². The number of hydrazine groups is 1. The van der Waals surface area contributed by atoms with Gasteiger partial charge in [0.1, 0.15) is 12.4 Å². The number of nitrogen functional groups attached to an aromatic ring is 1. The Morgan fingerprint density at radius 2 is 2.29 bits per heavy atom. The summed E-state index contributed by atoms with van der Waals surface area (Å²) in [5.41, 5.74) is 3.74. The smallest absolute Gasteiger partial charge is 0.312 e. The van der Waals surface area contributed by atoms with E-state index in [0.717, 1.165) is 0 Å². The van der Waals surface area contributed by atoms with Crippen LogP contribution in [0.1, 0.15) is 11.1 Å². The fourth-order valence-corrected chi connectivity index (χ4v) is 2.43. The van der Waals surface area contributed by atoms with Crippen molar-refractivity contribution in [2.45, 2.75) is 13.5 Å². The minimum atomic E-state index is -0.474. The first-order chi connectivity index (χ1) is 10.0. The quantitative estimate of drug-likeness (QED) is 0.487. The van der Waals surface area contributed by atoms with Crippen molar-refractivity contribution in [2.75, 3.05) is 5.43 Å². The molecule has 1 heterocycles. The largest absolute Gasteiger partial charge is 0.482 e. The molecule has 0 amide bonds. The van der Waals surface area contributed by atoms with E-state index in [1.807, 2.05) is 0 Å². The molecule has 0 bridgehead atoms. The summed E-state index contributed by atoms with van der Waals surface area (Å²) in [6.07, 6.45) is 1.59. The lowest BCUT2D eigenvalue weighted by molar-refractivity contribution is -0.386. The highest BCUT2D eigenvalue weighted by atomic mass is 79.9. The lowest BCUT2D eigenvalue weighted by Gasteiger charge is -2.12. The lowest BCUT2D eigenvalue weighted by Crippen LogP contribution is -2.12. The number of aromatic nitrogens is 1. The number of nitro benzene ring substituents is 1. The molecule has 0 spiro atoms. The molecule has 0 atom stereocenters. The summed E-state index contributed by atoms with van der Waals surface area (Å²) in [7, 11) is 0. The number of anilines is 1. The van der Waals surface area contributed by atoms with E-state index in [1.165, 1.54) is 6.07 Å². The van der Waals surface area contributed by atoms with Gasteiger partial charge in [0, 0.05) is 22.3 Å². The number of nitrogens with one attached hydrogen (secondary N) is 1. The Balaban J connectivity index is 2.30.